The number of carbonyl (C=O) groups excluding carboxylic acids is 1. The lowest BCUT2D eigenvalue weighted by Crippen LogP contribution is -2.17. The maximum absolute atomic E-state index is 12.7. The molecule has 0 aliphatic heterocycles. The van der Waals surface area contributed by atoms with Gasteiger partial charge in [0.2, 0.25) is 5.91 Å². The van der Waals surface area contributed by atoms with Gasteiger partial charge in [0.1, 0.15) is 0 Å². The summed E-state index contributed by atoms with van der Waals surface area (Å²) in [6, 6.07) is 3.52. The van der Waals surface area contributed by atoms with Gasteiger partial charge in [-0.3, -0.25) is 4.79 Å². The predicted molar refractivity (Wildman–Crippen MR) is 60.5 cm³/mol. The van der Waals surface area contributed by atoms with Gasteiger partial charge in [0.25, 0.3) is 0 Å². The van der Waals surface area contributed by atoms with E-state index < -0.39 is 11.7 Å². The molecule has 1 aromatic rings. The van der Waals surface area contributed by atoms with Gasteiger partial charge in [0.05, 0.1) is 11.3 Å². The van der Waals surface area contributed by atoms with Crippen LogP contribution in [0, 0.1) is 5.92 Å². The Hall–Kier alpha value is -1.04. The number of hydrogen-bond donors (Lipinski definition) is 1. The highest BCUT2D eigenvalue weighted by Gasteiger charge is 2.35. The van der Waals surface area contributed by atoms with E-state index in [0.29, 0.717) is 4.47 Å². The summed E-state index contributed by atoms with van der Waals surface area (Å²) in [7, 11) is 0. The molecule has 0 bridgehead atoms. The van der Waals surface area contributed by atoms with E-state index in [0.717, 1.165) is 18.9 Å². The quantitative estimate of drug-likeness (QED) is 0.884. The number of anilines is 1. The molecule has 6 heteroatoms. The Balaban J connectivity index is 2.29. The van der Waals surface area contributed by atoms with Gasteiger partial charge in [-0.1, -0.05) is 15.9 Å². The molecule has 0 unspecified atom stereocenters. The molecule has 1 fully saturated rings. The first-order chi connectivity index (χ1) is 7.88. The van der Waals surface area contributed by atoms with Crippen LogP contribution in [0.5, 0.6) is 0 Å². The Kier molecular flexibility index (Phi) is 3.16. The van der Waals surface area contributed by atoms with Gasteiger partial charge in [-0.25, -0.2) is 0 Å². The molecule has 0 aromatic heterocycles. The molecule has 92 valence electrons. The van der Waals surface area contributed by atoms with Crippen LogP contribution in [0.2, 0.25) is 0 Å². The normalized spacial score (nSPS) is 15.8. The van der Waals surface area contributed by atoms with E-state index in [9.17, 15) is 18.0 Å². The highest BCUT2D eigenvalue weighted by atomic mass is 79.9. The molecule has 1 aromatic carbocycles. The van der Waals surface area contributed by atoms with Crippen molar-refractivity contribution in [1.29, 1.82) is 0 Å². The Morgan fingerprint density at radius 1 is 1.35 bits per heavy atom. The molecule has 0 radical (unpaired) electrons. The molecule has 2 rings (SSSR count). The topological polar surface area (TPSA) is 29.1 Å². The van der Waals surface area contributed by atoms with Crippen LogP contribution >= 0.6 is 15.9 Å². The van der Waals surface area contributed by atoms with E-state index in [4.69, 9.17) is 0 Å². The molecule has 1 aliphatic rings. The third-order valence-corrected chi connectivity index (χ3v) is 2.99. The molecule has 1 aliphatic carbocycles. The summed E-state index contributed by atoms with van der Waals surface area (Å²) in [6.45, 7) is 0. The number of benzene rings is 1. The largest absolute Gasteiger partial charge is 0.418 e. The summed E-state index contributed by atoms with van der Waals surface area (Å²) in [6.07, 6.45) is -2.96. The zero-order valence-electron chi connectivity index (χ0n) is 8.64. The Morgan fingerprint density at radius 3 is 2.53 bits per heavy atom. The number of rotatable bonds is 2. The maximum atomic E-state index is 12.7. The van der Waals surface area contributed by atoms with Crippen LogP contribution in [0.15, 0.2) is 22.7 Å². The van der Waals surface area contributed by atoms with Gasteiger partial charge in [0.15, 0.2) is 0 Å². The minimum Gasteiger partial charge on any atom is -0.325 e. The summed E-state index contributed by atoms with van der Waals surface area (Å²) in [4.78, 5) is 11.5. The van der Waals surface area contributed by atoms with Crippen molar-refractivity contribution in [3.8, 4) is 0 Å². The van der Waals surface area contributed by atoms with Crippen molar-refractivity contribution in [3.63, 3.8) is 0 Å². The summed E-state index contributed by atoms with van der Waals surface area (Å²) >= 11 is 3.09. The first-order valence-electron chi connectivity index (χ1n) is 5.05. The SMILES string of the molecule is O=C(Nc1cc(Br)ccc1C(F)(F)F)C1CC1. The van der Waals surface area contributed by atoms with Crippen LogP contribution < -0.4 is 5.32 Å². The van der Waals surface area contributed by atoms with Gasteiger partial charge in [-0.15, -0.1) is 0 Å². The van der Waals surface area contributed by atoms with E-state index in [1.54, 1.807) is 0 Å². The maximum Gasteiger partial charge on any atom is 0.418 e. The zero-order valence-corrected chi connectivity index (χ0v) is 10.2. The molecule has 0 spiro atoms. The van der Waals surface area contributed by atoms with Crippen molar-refractivity contribution in [2.75, 3.05) is 5.32 Å². The summed E-state index contributed by atoms with van der Waals surface area (Å²) in [5.74, 6) is -0.469. The molecule has 0 heterocycles. The minimum atomic E-state index is -4.47. The summed E-state index contributed by atoms with van der Waals surface area (Å²) in [5.41, 5.74) is -1.02. The first kappa shape index (κ1) is 12.4. The zero-order chi connectivity index (χ0) is 12.6. The third-order valence-electron chi connectivity index (χ3n) is 2.49. The van der Waals surface area contributed by atoms with Gasteiger partial charge in [0, 0.05) is 10.4 Å². The highest BCUT2D eigenvalue weighted by Crippen LogP contribution is 2.37. The van der Waals surface area contributed by atoms with Gasteiger partial charge in [-0.2, -0.15) is 13.2 Å². The fraction of sp³-hybridized carbons (Fsp3) is 0.364. The number of halogens is 4. The van der Waals surface area contributed by atoms with E-state index >= 15 is 0 Å². The lowest BCUT2D eigenvalue weighted by molar-refractivity contribution is -0.137. The van der Waals surface area contributed by atoms with Crippen molar-refractivity contribution in [3.05, 3.63) is 28.2 Å². The Labute approximate surface area is 104 Å². The van der Waals surface area contributed by atoms with Crippen molar-refractivity contribution in [2.24, 2.45) is 5.92 Å². The number of amides is 1. The monoisotopic (exact) mass is 307 g/mol. The summed E-state index contributed by atoms with van der Waals surface area (Å²) < 4.78 is 38.5. The molecular weight excluding hydrogens is 299 g/mol. The summed E-state index contributed by atoms with van der Waals surface area (Å²) in [5, 5.41) is 2.33. The lowest BCUT2D eigenvalue weighted by Gasteiger charge is -2.13. The highest BCUT2D eigenvalue weighted by molar-refractivity contribution is 9.10. The second kappa shape index (κ2) is 4.33. The average Bonchev–Trinajstić information content (AvgIpc) is 2.98. The van der Waals surface area contributed by atoms with Gasteiger partial charge < -0.3 is 5.32 Å². The van der Waals surface area contributed by atoms with Crippen molar-refractivity contribution >= 4 is 27.5 Å². The smallest absolute Gasteiger partial charge is 0.325 e. The molecule has 2 nitrogen and oxygen atoms in total. The molecule has 17 heavy (non-hydrogen) atoms. The number of hydrogen-bond acceptors (Lipinski definition) is 1. The van der Waals surface area contributed by atoms with Crippen molar-refractivity contribution < 1.29 is 18.0 Å². The lowest BCUT2D eigenvalue weighted by atomic mass is 10.1. The predicted octanol–water partition coefficient (Wildman–Crippen LogP) is 3.82. The van der Waals surface area contributed by atoms with Crippen LogP contribution in [0.1, 0.15) is 18.4 Å². The van der Waals surface area contributed by atoms with Crippen molar-refractivity contribution in [1.82, 2.24) is 0 Å². The first-order valence-corrected chi connectivity index (χ1v) is 5.85. The van der Waals surface area contributed by atoms with Gasteiger partial charge in [-0.05, 0) is 31.0 Å². The molecule has 0 atom stereocenters. The molecule has 1 N–H and O–H groups in total. The van der Waals surface area contributed by atoms with Crippen LogP contribution in [0.4, 0.5) is 18.9 Å². The molecule has 1 saturated carbocycles. The fourth-order valence-electron chi connectivity index (χ4n) is 1.45. The minimum absolute atomic E-state index is 0.130. The second-order valence-corrected chi connectivity index (χ2v) is 4.87. The number of nitrogens with one attached hydrogen (secondary N) is 1. The standard InChI is InChI=1S/C11H9BrF3NO/c12-7-3-4-8(11(13,14)15)9(5-7)16-10(17)6-1-2-6/h3-6H,1-2H2,(H,16,17). The van der Waals surface area contributed by atoms with Crippen LogP contribution in [-0.4, -0.2) is 5.91 Å². The average molecular weight is 308 g/mol. The van der Waals surface area contributed by atoms with Crippen molar-refractivity contribution in [2.45, 2.75) is 19.0 Å². The van der Waals surface area contributed by atoms with E-state index in [-0.39, 0.29) is 17.5 Å². The molecule has 1 amide bonds. The van der Waals surface area contributed by atoms with Crippen LogP contribution in [0.25, 0.3) is 0 Å². The third kappa shape index (κ3) is 3.00. The Bertz CT molecular complexity index is 455. The molecular formula is C11H9BrF3NO. The van der Waals surface area contributed by atoms with Gasteiger partial charge >= 0.3 is 6.18 Å². The molecule has 0 saturated heterocycles. The van der Waals surface area contributed by atoms with E-state index in [1.165, 1.54) is 12.1 Å². The second-order valence-electron chi connectivity index (χ2n) is 3.95. The van der Waals surface area contributed by atoms with E-state index in [1.807, 2.05) is 0 Å². The van der Waals surface area contributed by atoms with Crippen LogP contribution in [-0.2, 0) is 11.0 Å². The number of carbonyl (C=O) groups is 1. The van der Waals surface area contributed by atoms with Crippen LogP contribution in [0.3, 0.4) is 0 Å². The number of alkyl halides is 3. The fourth-order valence-corrected chi connectivity index (χ4v) is 1.81. The Morgan fingerprint density at radius 2 is 2.00 bits per heavy atom. The van der Waals surface area contributed by atoms with E-state index in [2.05, 4.69) is 21.2 Å².